The first-order chi connectivity index (χ1) is 6.98. The second-order valence-electron chi connectivity index (χ2n) is 4.67. The SMILES string of the molecule is CC1(C)C[C@@H](n2[nH]c(=O)cc2N)CCO1. The number of anilines is 1. The van der Waals surface area contributed by atoms with Gasteiger partial charge in [-0.1, -0.05) is 0 Å². The summed E-state index contributed by atoms with van der Waals surface area (Å²) < 4.78 is 7.37. The summed E-state index contributed by atoms with van der Waals surface area (Å²) in [7, 11) is 0. The Balaban J connectivity index is 2.24. The summed E-state index contributed by atoms with van der Waals surface area (Å²) in [6.07, 6.45) is 1.75. The molecule has 1 fully saturated rings. The molecule has 0 bridgehead atoms. The van der Waals surface area contributed by atoms with E-state index in [1.807, 2.05) is 0 Å². The van der Waals surface area contributed by atoms with Gasteiger partial charge in [0.15, 0.2) is 0 Å². The number of aromatic nitrogens is 2. The average Bonchev–Trinajstić information content (AvgIpc) is 2.43. The van der Waals surface area contributed by atoms with E-state index in [1.54, 1.807) is 4.68 Å². The number of nitrogens with two attached hydrogens (primary N) is 1. The van der Waals surface area contributed by atoms with E-state index in [9.17, 15) is 4.79 Å². The molecule has 1 aliphatic rings. The molecule has 0 amide bonds. The average molecular weight is 211 g/mol. The van der Waals surface area contributed by atoms with E-state index in [0.29, 0.717) is 12.4 Å². The molecule has 0 radical (unpaired) electrons. The Hall–Kier alpha value is -1.23. The van der Waals surface area contributed by atoms with Gasteiger partial charge in [0, 0.05) is 12.7 Å². The first-order valence-corrected chi connectivity index (χ1v) is 5.19. The maximum Gasteiger partial charge on any atom is 0.266 e. The summed E-state index contributed by atoms with van der Waals surface area (Å²) in [5.41, 5.74) is 5.47. The third kappa shape index (κ3) is 2.07. The van der Waals surface area contributed by atoms with Crippen LogP contribution < -0.4 is 11.3 Å². The molecule has 1 atom stereocenters. The number of rotatable bonds is 1. The van der Waals surface area contributed by atoms with E-state index in [-0.39, 0.29) is 17.2 Å². The lowest BCUT2D eigenvalue weighted by Gasteiger charge is -2.36. The zero-order valence-corrected chi connectivity index (χ0v) is 9.12. The van der Waals surface area contributed by atoms with Crippen LogP contribution in [-0.4, -0.2) is 22.0 Å². The second-order valence-corrected chi connectivity index (χ2v) is 4.67. The Bertz CT molecular complexity index is 405. The van der Waals surface area contributed by atoms with Crippen LogP contribution in [0.25, 0.3) is 0 Å². The standard InChI is InChI=1S/C10H17N3O2/c1-10(2)6-7(3-4-15-10)13-8(11)5-9(14)12-13/h5,7H,3-4,6,11H2,1-2H3,(H,12,14)/t7-/m0/s1. The largest absolute Gasteiger partial charge is 0.384 e. The molecule has 5 heteroatoms. The van der Waals surface area contributed by atoms with Crippen molar-refractivity contribution in [1.82, 2.24) is 9.78 Å². The summed E-state index contributed by atoms with van der Waals surface area (Å²) >= 11 is 0. The van der Waals surface area contributed by atoms with Crippen molar-refractivity contribution in [3.8, 4) is 0 Å². The van der Waals surface area contributed by atoms with E-state index in [1.165, 1.54) is 6.07 Å². The van der Waals surface area contributed by atoms with Crippen molar-refractivity contribution in [2.24, 2.45) is 0 Å². The number of hydrogen-bond donors (Lipinski definition) is 2. The van der Waals surface area contributed by atoms with Gasteiger partial charge in [-0.25, -0.2) is 0 Å². The van der Waals surface area contributed by atoms with Crippen LogP contribution in [0, 0.1) is 0 Å². The molecule has 15 heavy (non-hydrogen) atoms. The van der Waals surface area contributed by atoms with Crippen LogP contribution in [0.2, 0.25) is 0 Å². The minimum Gasteiger partial charge on any atom is -0.384 e. The van der Waals surface area contributed by atoms with Gasteiger partial charge < -0.3 is 10.5 Å². The van der Waals surface area contributed by atoms with E-state index in [2.05, 4.69) is 18.9 Å². The van der Waals surface area contributed by atoms with Crippen molar-refractivity contribution in [2.45, 2.75) is 38.3 Å². The Morgan fingerprint density at radius 3 is 2.93 bits per heavy atom. The lowest BCUT2D eigenvalue weighted by Crippen LogP contribution is -2.35. The van der Waals surface area contributed by atoms with Gasteiger partial charge in [0.2, 0.25) is 0 Å². The molecular formula is C10H17N3O2. The molecule has 0 spiro atoms. The van der Waals surface area contributed by atoms with Gasteiger partial charge in [0.1, 0.15) is 5.82 Å². The fourth-order valence-electron chi connectivity index (χ4n) is 2.14. The monoisotopic (exact) mass is 211 g/mol. The summed E-state index contributed by atoms with van der Waals surface area (Å²) in [4.78, 5) is 11.1. The second kappa shape index (κ2) is 3.41. The summed E-state index contributed by atoms with van der Waals surface area (Å²) in [6, 6.07) is 1.65. The van der Waals surface area contributed by atoms with Crippen molar-refractivity contribution < 1.29 is 4.74 Å². The zero-order valence-electron chi connectivity index (χ0n) is 9.12. The first kappa shape index (κ1) is 10.3. The van der Waals surface area contributed by atoms with Crippen molar-refractivity contribution >= 4 is 5.82 Å². The molecule has 1 aliphatic heterocycles. The Kier molecular flexibility index (Phi) is 2.34. The summed E-state index contributed by atoms with van der Waals surface area (Å²) in [6.45, 7) is 4.81. The molecule has 1 aromatic heterocycles. The van der Waals surface area contributed by atoms with Crippen LogP contribution >= 0.6 is 0 Å². The van der Waals surface area contributed by atoms with Gasteiger partial charge in [0.25, 0.3) is 5.56 Å². The molecule has 0 aliphatic carbocycles. The van der Waals surface area contributed by atoms with Crippen LogP contribution in [0.15, 0.2) is 10.9 Å². The molecule has 2 heterocycles. The van der Waals surface area contributed by atoms with Gasteiger partial charge in [0.05, 0.1) is 11.6 Å². The van der Waals surface area contributed by atoms with Gasteiger partial charge in [-0.2, -0.15) is 0 Å². The summed E-state index contributed by atoms with van der Waals surface area (Å²) in [5.74, 6) is 0.503. The minimum atomic E-state index is -0.142. The predicted molar refractivity (Wildman–Crippen MR) is 57.8 cm³/mol. The molecule has 0 aromatic carbocycles. The van der Waals surface area contributed by atoms with Gasteiger partial charge >= 0.3 is 0 Å². The van der Waals surface area contributed by atoms with E-state index < -0.39 is 0 Å². The smallest absolute Gasteiger partial charge is 0.266 e. The Morgan fingerprint density at radius 1 is 1.67 bits per heavy atom. The van der Waals surface area contributed by atoms with E-state index in [0.717, 1.165) is 12.8 Å². The number of H-pyrrole nitrogens is 1. The van der Waals surface area contributed by atoms with Crippen molar-refractivity contribution in [3.63, 3.8) is 0 Å². The fourth-order valence-corrected chi connectivity index (χ4v) is 2.14. The molecule has 0 saturated carbocycles. The van der Waals surface area contributed by atoms with Crippen molar-refractivity contribution in [2.75, 3.05) is 12.3 Å². The lowest BCUT2D eigenvalue weighted by atomic mass is 9.94. The van der Waals surface area contributed by atoms with Crippen molar-refractivity contribution in [3.05, 3.63) is 16.4 Å². The molecule has 1 saturated heterocycles. The highest BCUT2D eigenvalue weighted by Gasteiger charge is 2.30. The third-order valence-corrected chi connectivity index (χ3v) is 2.82. The lowest BCUT2D eigenvalue weighted by molar-refractivity contribution is -0.0705. The van der Waals surface area contributed by atoms with Crippen LogP contribution in [0.5, 0.6) is 0 Å². The number of aromatic amines is 1. The number of nitrogens with one attached hydrogen (secondary N) is 1. The highest BCUT2D eigenvalue weighted by Crippen LogP contribution is 2.32. The van der Waals surface area contributed by atoms with Crippen LogP contribution in [0.1, 0.15) is 32.7 Å². The van der Waals surface area contributed by atoms with Crippen LogP contribution in [0.3, 0.4) is 0 Å². The number of hydrogen-bond acceptors (Lipinski definition) is 3. The highest BCUT2D eigenvalue weighted by atomic mass is 16.5. The zero-order chi connectivity index (χ0) is 11.1. The molecule has 84 valence electrons. The predicted octanol–water partition coefficient (Wildman–Crippen LogP) is 0.889. The number of nitrogens with zero attached hydrogens (tertiary/aromatic N) is 1. The fraction of sp³-hybridized carbons (Fsp3) is 0.700. The van der Waals surface area contributed by atoms with Crippen LogP contribution in [0.4, 0.5) is 5.82 Å². The maximum atomic E-state index is 11.1. The molecular weight excluding hydrogens is 194 g/mol. The third-order valence-electron chi connectivity index (χ3n) is 2.82. The van der Waals surface area contributed by atoms with E-state index >= 15 is 0 Å². The quantitative estimate of drug-likeness (QED) is 0.724. The molecule has 3 N–H and O–H groups in total. The summed E-state index contributed by atoms with van der Waals surface area (Å²) in [5, 5.41) is 2.73. The minimum absolute atomic E-state index is 0.142. The van der Waals surface area contributed by atoms with E-state index in [4.69, 9.17) is 10.5 Å². The van der Waals surface area contributed by atoms with Crippen molar-refractivity contribution in [1.29, 1.82) is 0 Å². The first-order valence-electron chi connectivity index (χ1n) is 5.19. The number of ether oxygens (including phenoxy) is 1. The Morgan fingerprint density at radius 2 is 2.40 bits per heavy atom. The molecule has 5 nitrogen and oxygen atoms in total. The van der Waals surface area contributed by atoms with Gasteiger partial charge in [-0.15, -0.1) is 0 Å². The Labute approximate surface area is 88.2 Å². The normalized spacial score (nSPS) is 25.3. The molecule has 1 aromatic rings. The van der Waals surface area contributed by atoms with Gasteiger partial charge in [-0.05, 0) is 26.7 Å². The maximum absolute atomic E-state index is 11.1. The number of nitrogen functional groups attached to an aromatic ring is 1. The highest BCUT2D eigenvalue weighted by molar-refractivity contribution is 5.27. The van der Waals surface area contributed by atoms with Gasteiger partial charge in [-0.3, -0.25) is 14.6 Å². The van der Waals surface area contributed by atoms with Crippen LogP contribution in [-0.2, 0) is 4.74 Å². The molecule has 0 unspecified atom stereocenters. The topological polar surface area (TPSA) is 73.0 Å². The molecule has 2 rings (SSSR count).